The van der Waals surface area contributed by atoms with Crippen LogP contribution in [0.15, 0.2) is 0 Å². The third-order valence-corrected chi connectivity index (χ3v) is 7.01. The van der Waals surface area contributed by atoms with E-state index in [0.29, 0.717) is 38.4 Å². The Morgan fingerprint density at radius 3 is 2.48 bits per heavy atom. The smallest absolute Gasteiger partial charge is 0.226 e. The fraction of sp³-hybridized carbons (Fsp3) is 0.938. The first-order chi connectivity index (χ1) is 11.0. The van der Waals surface area contributed by atoms with Crippen molar-refractivity contribution in [2.75, 3.05) is 39.0 Å². The molecule has 134 valence electrons. The Bertz CT molecular complexity index is 487. The third-order valence-electron chi connectivity index (χ3n) is 5.05. The van der Waals surface area contributed by atoms with Gasteiger partial charge in [0.05, 0.1) is 5.75 Å². The number of nitrogens with zero attached hydrogens (tertiary/aromatic N) is 2. The molecule has 2 rings (SSSR count). The average molecular weight is 346 g/mol. The largest absolute Gasteiger partial charge is 0.338 e. The van der Waals surface area contributed by atoms with Crippen LogP contribution in [-0.4, -0.2) is 68.6 Å². The van der Waals surface area contributed by atoms with Crippen LogP contribution in [0, 0.1) is 5.92 Å². The topological polar surface area (TPSA) is 69.7 Å². The summed E-state index contributed by atoms with van der Waals surface area (Å²) in [6.45, 7) is 4.67. The van der Waals surface area contributed by atoms with Crippen LogP contribution < -0.4 is 5.32 Å². The molecule has 2 heterocycles. The third kappa shape index (κ3) is 4.67. The van der Waals surface area contributed by atoms with Gasteiger partial charge in [0, 0.05) is 38.1 Å². The number of likely N-dealkylation sites (tertiary alicyclic amines) is 1. The second-order valence-corrected chi connectivity index (χ2v) is 8.82. The van der Waals surface area contributed by atoms with E-state index in [9.17, 15) is 13.2 Å². The SMILES string of the molecule is CCCCS(=O)(=O)N1CCC(C(=O)N2CCCC2CNC)CC1. The molecule has 0 aromatic heterocycles. The fourth-order valence-corrected chi connectivity index (χ4v) is 5.32. The highest BCUT2D eigenvalue weighted by molar-refractivity contribution is 7.89. The number of hydrogen-bond acceptors (Lipinski definition) is 4. The lowest BCUT2D eigenvalue weighted by Gasteiger charge is -2.34. The van der Waals surface area contributed by atoms with Crippen LogP contribution in [0.1, 0.15) is 45.4 Å². The van der Waals surface area contributed by atoms with Crippen molar-refractivity contribution in [3.63, 3.8) is 0 Å². The first-order valence-electron chi connectivity index (χ1n) is 8.92. The summed E-state index contributed by atoms with van der Waals surface area (Å²) in [7, 11) is -1.22. The van der Waals surface area contributed by atoms with Gasteiger partial charge in [-0.15, -0.1) is 0 Å². The van der Waals surface area contributed by atoms with Gasteiger partial charge < -0.3 is 10.2 Å². The molecule has 1 amide bonds. The van der Waals surface area contributed by atoms with Crippen LogP contribution in [0.4, 0.5) is 0 Å². The summed E-state index contributed by atoms with van der Waals surface area (Å²) in [5.41, 5.74) is 0. The molecular formula is C16H31N3O3S. The van der Waals surface area contributed by atoms with E-state index in [1.54, 1.807) is 4.31 Å². The maximum Gasteiger partial charge on any atom is 0.226 e. The van der Waals surface area contributed by atoms with Crippen LogP contribution in [0.5, 0.6) is 0 Å². The van der Waals surface area contributed by atoms with Gasteiger partial charge in [-0.3, -0.25) is 4.79 Å². The molecule has 0 aromatic carbocycles. The van der Waals surface area contributed by atoms with E-state index in [4.69, 9.17) is 0 Å². The normalized spacial score (nSPS) is 24.3. The predicted molar refractivity (Wildman–Crippen MR) is 91.7 cm³/mol. The van der Waals surface area contributed by atoms with Crippen molar-refractivity contribution in [2.24, 2.45) is 5.92 Å². The predicted octanol–water partition coefficient (Wildman–Crippen LogP) is 1.04. The molecule has 23 heavy (non-hydrogen) atoms. The van der Waals surface area contributed by atoms with Crippen molar-refractivity contribution in [3.05, 3.63) is 0 Å². The molecule has 2 aliphatic heterocycles. The molecule has 7 heteroatoms. The molecule has 0 saturated carbocycles. The minimum Gasteiger partial charge on any atom is -0.338 e. The number of amides is 1. The molecule has 1 atom stereocenters. The second kappa shape index (κ2) is 8.44. The number of hydrogen-bond donors (Lipinski definition) is 1. The highest BCUT2D eigenvalue weighted by atomic mass is 32.2. The summed E-state index contributed by atoms with van der Waals surface area (Å²) in [4.78, 5) is 14.8. The van der Waals surface area contributed by atoms with E-state index in [0.717, 1.165) is 32.4 Å². The Balaban J connectivity index is 1.87. The summed E-state index contributed by atoms with van der Waals surface area (Å²) in [6.07, 6.45) is 5.05. The van der Waals surface area contributed by atoms with E-state index >= 15 is 0 Å². The maximum absolute atomic E-state index is 12.7. The molecule has 2 saturated heterocycles. The van der Waals surface area contributed by atoms with Gasteiger partial charge in [-0.1, -0.05) is 13.3 Å². The van der Waals surface area contributed by atoms with Gasteiger partial charge in [0.15, 0.2) is 0 Å². The summed E-state index contributed by atoms with van der Waals surface area (Å²) in [6, 6.07) is 0.304. The summed E-state index contributed by atoms with van der Waals surface area (Å²) >= 11 is 0. The maximum atomic E-state index is 12.7. The molecule has 6 nitrogen and oxygen atoms in total. The van der Waals surface area contributed by atoms with Crippen molar-refractivity contribution >= 4 is 15.9 Å². The number of likely N-dealkylation sites (N-methyl/N-ethyl adjacent to an activating group) is 1. The zero-order chi connectivity index (χ0) is 16.9. The van der Waals surface area contributed by atoms with Gasteiger partial charge in [0.2, 0.25) is 15.9 Å². The van der Waals surface area contributed by atoms with Crippen LogP contribution in [0.25, 0.3) is 0 Å². The van der Waals surface area contributed by atoms with Crippen molar-refractivity contribution in [1.82, 2.24) is 14.5 Å². The number of rotatable bonds is 7. The number of piperidine rings is 1. The Morgan fingerprint density at radius 2 is 1.87 bits per heavy atom. The van der Waals surface area contributed by atoms with Gasteiger partial charge in [0.25, 0.3) is 0 Å². The Kier molecular flexibility index (Phi) is 6.85. The molecule has 1 N–H and O–H groups in total. The average Bonchev–Trinajstić information content (AvgIpc) is 3.01. The van der Waals surface area contributed by atoms with Gasteiger partial charge in [0.1, 0.15) is 0 Å². The molecule has 0 bridgehead atoms. The van der Waals surface area contributed by atoms with Gasteiger partial charge in [-0.25, -0.2) is 12.7 Å². The summed E-state index contributed by atoms with van der Waals surface area (Å²) in [5.74, 6) is 0.455. The highest BCUT2D eigenvalue weighted by Crippen LogP contribution is 2.26. The lowest BCUT2D eigenvalue weighted by Crippen LogP contribution is -2.47. The standard InChI is InChI=1S/C16H31N3O3S/c1-3-4-12-23(21,22)18-10-7-14(8-11-18)16(20)19-9-5-6-15(19)13-17-2/h14-15,17H,3-13H2,1-2H3. The molecule has 2 fully saturated rings. The van der Waals surface area contributed by atoms with Crippen molar-refractivity contribution < 1.29 is 13.2 Å². The molecule has 0 radical (unpaired) electrons. The lowest BCUT2D eigenvalue weighted by atomic mass is 9.96. The molecule has 0 aliphatic carbocycles. The number of sulfonamides is 1. The summed E-state index contributed by atoms with van der Waals surface area (Å²) < 4.78 is 26.1. The minimum atomic E-state index is -3.13. The number of nitrogens with one attached hydrogen (secondary N) is 1. The Morgan fingerprint density at radius 1 is 1.17 bits per heavy atom. The van der Waals surface area contributed by atoms with Crippen LogP contribution in [-0.2, 0) is 14.8 Å². The molecule has 0 aromatic rings. The Labute approximate surface area is 140 Å². The second-order valence-electron chi connectivity index (χ2n) is 6.73. The molecule has 0 spiro atoms. The number of unbranched alkanes of at least 4 members (excludes halogenated alkanes) is 1. The van der Waals surface area contributed by atoms with Crippen molar-refractivity contribution in [3.8, 4) is 0 Å². The molecule has 1 unspecified atom stereocenters. The van der Waals surface area contributed by atoms with Gasteiger partial charge in [-0.2, -0.15) is 0 Å². The zero-order valence-corrected chi connectivity index (χ0v) is 15.3. The van der Waals surface area contributed by atoms with Crippen molar-refractivity contribution in [2.45, 2.75) is 51.5 Å². The quantitative estimate of drug-likeness (QED) is 0.748. The fourth-order valence-electron chi connectivity index (χ4n) is 3.64. The van der Waals surface area contributed by atoms with Crippen molar-refractivity contribution in [1.29, 1.82) is 0 Å². The van der Waals surface area contributed by atoms with Crippen LogP contribution in [0.2, 0.25) is 0 Å². The number of carbonyl (C=O) groups is 1. The van der Waals surface area contributed by atoms with E-state index in [2.05, 4.69) is 5.32 Å². The molecular weight excluding hydrogens is 314 g/mol. The van der Waals surface area contributed by atoms with E-state index < -0.39 is 10.0 Å². The first kappa shape index (κ1) is 18.7. The van der Waals surface area contributed by atoms with Crippen LogP contribution in [0.3, 0.4) is 0 Å². The lowest BCUT2D eigenvalue weighted by molar-refractivity contribution is -0.137. The van der Waals surface area contributed by atoms with E-state index in [1.807, 2.05) is 18.9 Å². The van der Waals surface area contributed by atoms with E-state index in [1.165, 1.54) is 0 Å². The number of carbonyl (C=O) groups excluding carboxylic acids is 1. The molecule has 2 aliphatic rings. The van der Waals surface area contributed by atoms with Gasteiger partial charge >= 0.3 is 0 Å². The summed E-state index contributed by atoms with van der Waals surface area (Å²) in [5, 5.41) is 3.16. The monoisotopic (exact) mass is 345 g/mol. The Hall–Kier alpha value is -0.660. The van der Waals surface area contributed by atoms with E-state index in [-0.39, 0.29) is 17.6 Å². The highest BCUT2D eigenvalue weighted by Gasteiger charge is 2.36. The zero-order valence-electron chi connectivity index (χ0n) is 14.5. The minimum absolute atomic E-state index is 0.00918. The van der Waals surface area contributed by atoms with Gasteiger partial charge in [-0.05, 0) is 39.2 Å². The van der Waals surface area contributed by atoms with Crippen LogP contribution >= 0.6 is 0 Å². The first-order valence-corrected chi connectivity index (χ1v) is 10.5.